The number of anilines is 1. The molecular formula is C14H11BrFN3O2S2. The van der Waals surface area contributed by atoms with Crippen LogP contribution in [0.4, 0.5) is 10.1 Å². The molecule has 2 heterocycles. The van der Waals surface area contributed by atoms with Gasteiger partial charge in [-0.3, -0.25) is 9.40 Å². The van der Waals surface area contributed by atoms with Crippen LogP contribution in [0.25, 0.3) is 10.6 Å². The van der Waals surface area contributed by atoms with Gasteiger partial charge in [-0.1, -0.05) is 22.0 Å². The molecule has 0 radical (unpaired) electrons. The summed E-state index contributed by atoms with van der Waals surface area (Å²) in [6.07, 6.45) is 1.40. The Morgan fingerprint density at radius 2 is 2.13 bits per heavy atom. The SMILES string of the molecule is Cn1cc(S(=O)(=O)Nc2ccc(Br)cc2F)c(-c2cccs2)n1. The van der Waals surface area contributed by atoms with Crippen LogP contribution < -0.4 is 4.72 Å². The van der Waals surface area contributed by atoms with Crippen molar-refractivity contribution in [1.82, 2.24) is 9.78 Å². The van der Waals surface area contributed by atoms with E-state index in [0.717, 1.165) is 4.88 Å². The van der Waals surface area contributed by atoms with Gasteiger partial charge in [0.1, 0.15) is 16.4 Å². The van der Waals surface area contributed by atoms with Crippen LogP contribution in [0.15, 0.2) is 51.3 Å². The van der Waals surface area contributed by atoms with Crippen LogP contribution in [0.1, 0.15) is 0 Å². The van der Waals surface area contributed by atoms with Crippen LogP contribution in [0, 0.1) is 5.82 Å². The van der Waals surface area contributed by atoms with Crippen molar-refractivity contribution in [2.45, 2.75) is 4.90 Å². The number of sulfonamides is 1. The fourth-order valence-corrected chi connectivity index (χ4v) is 4.40. The van der Waals surface area contributed by atoms with Crippen molar-refractivity contribution in [2.75, 3.05) is 4.72 Å². The van der Waals surface area contributed by atoms with E-state index in [-0.39, 0.29) is 10.6 Å². The zero-order valence-electron chi connectivity index (χ0n) is 11.8. The van der Waals surface area contributed by atoms with Crippen LogP contribution in [-0.2, 0) is 17.1 Å². The summed E-state index contributed by atoms with van der Waals surface area (Å²) >= 11 is 4.52. The predicted molar refractivity (Wildman–Crippen MR) is 91.4 cm³/mol. The number of benzene rings is 1. The fourth-order valence-electron chi connectivity index (χ4n) is 2.02. The van der Waals surface area contributed by atoms with Crippen molar-refractivity contribution in [1.29, 1.82) is 0 Å². The highest BCUT2D eigenvalue weighted by Crippen LogP contribution is 2.31. The van der Waals surface area contributed by atoms with Crippen molar-refractivity contribution >= 4 is 43.0 Å². The first-order chi connectivity index (χ1) is 10.9. The Morgan fingerprint density at radius 3 is 2.78 bits per heavy atom. The third-order valence-electron chi connectivity index (χ3n) is 3.01. The molecule has 5 nitrogen and oxygen atoms in total. The summed E-state index contributed by atoms with van der Waals surface area (Å²) in [7, 11) is -2.33. The minimum atomic E-state index is -3.97. The quantitative estimate of drug-likeness (QED) is 0.703. The van der Waals surface area contributed by atoms with Gasteiger partial charge in [0, 0.05) is 17.7 Å². The minimum absolute atomic E-state index is 0.00442. The maximum absolute atomic E-state index is 13.9. The number of aryl methyl sites for hydroxylation is 1. The van der Waals surface area contributed by atoms with E-state index < -0.39 is 15.8 Å². The van der Waals surface area contributed by atoms with Crippen LogP contribution >= 0.6 is 27.3 Å². The van der Waals surface area contributed by atoms with Gasteiger partial charge in [-0.15, -0.1) is 11.3 Å². The van der Waals surface area contributed by atoms with E-state index >= 15 is 0 Å². The minimum Gasteiger partial charge on any atom is -0.277 e. The molecule has 0 aliphatic rings. The summed E-state index contributed by atoms with van der Waals surface area (Å²) in [5, 5.41) is 6.04. The van der Waals surface area contributed by atoms with Gasteiger partial charge in [-0.2, -0.15) is 5.10 Å². The Hall–Kier alpha value is -1.71. The van der Waals surface area contributed by atoms with E-state index in [9.17, 15) is 12.8 Å². The fraction of sp³-hybridized carbons (Fsp3) is 0.0714. The van der Waals surface area contributed by atoms with Crippen molar-refractivity contribution in [2.24, 2.45) is 7.05 Å². The van der Waals surface area contributed by atoms with E-state index in [1.807, 2.05) is 11.4 Å². The predicted octanol–water partition coefficient (Wildman–Crippen LogP) is 3.85. The number of nitrogens with one attached hydrogen (secondary N) is 1. The van der Waals surface area contributed by atoms with E-state index in [2.05, 4.69) is 25.8 Å². The molecule has 23 heavy (non-hydrogen) atoms. The zero-order chi connectivity index (χ0) is 16.6. The molecule has 1 N–H and O–H groups in total. The van der Waals surface area contributed by atoms with Gasteiger partial charge < -0.3 is 0 Å². The molecule has 0 fully saturated rings. The topological polar surface area (TPSA) is 64.0 Å². The maximum atomic E-state index is 13.9. The highest BCUT2D eigenvalue weighted by molar-refractivity contribution is 9.10. The zero-order valence-corrected chi connectivity index (χ0v) is 15.0. The average molecular weight is 416 g/mol. The highest BCUT2D eigenvalue weighted by Gasteiger charge is 2.24. The Labute approximate surface area is 145 Å². The maximum Gasteiger partial charge on any atom is 0.265 e. The lowest BCUT2D eigenvalue weighted by atomic mass is 10.3. The van der Waals surface area contributed by atoms with Crippen molar-refractivity contribution < 1.29 is 12.8 Å². The molecule has 0 aliphatic carbocycles. The molecule has 0 amide bonds. The number of nitrogens with zero attached hydrogens (tertiary/aromatic N) is 2. The van der Waals surface area contributed by atoms with E-state index in [1.165, 1.54) is 34.3 Å². The Kier molecular flexibility index (Phi) is 4.26. The number of hydrogen-bond donors (Lipinski definition) is 1. The Bertz CT molecular complexity index is 953. The summed E-state index contributed by atoms with van der Waals surface area (Å²) in [6, 6.07) is 7.71. The number of thiophene rings is 1. The summed E-state index contributed by atoms with van der Waals surface area (Å²) in [4.78, 5) is 0.729. The third-order valence-corrected chi connectivity index (χ3v) is 5.75. The van der Waals surface area contributed by atoms with Gasteiger partial charge in [0.15, 0.2) is 0 Å². The molecule has 1 aromatic carbocycles. The Balaban J connectivity index is 2.04. The number of aromatic nitrogens is 2. The first-order valence-electron chi connectivity index (χ1n) is 6.42. The molecule has 120 valence electrons. The molecule has 0 spiro atoms. The summed E-state index contributed by atoms with van der Waals surface area (Å²) in [5.41, 5.74) is 0.224. The van der Waals surface area contributed by atoms with Gasteiger partial charge in [-0.25, -0.2) is 12.8 Å². The molecule has 9 heteroatoms. The molecule has 0 bridgehead atoms. The molecule has 3 aromatic rings. The van der Waals surface area contributed by atoms with Gasteiger partial charge in [0.25, 0.3) is 10.0 Å². The second-order valence-corrected chi connectivity index (χ2v) is 8.24. The van der Waals surface area contributed by atoms with Gasteiger partial charge in [0.2, 0.25) is 0 Å². The lowest BCUT2D eigenvalue weighted by molar-refractivity contribution is 0.598. The molecule has 0 unspecified atom stereocenters. The smallest absolute Gasteiger partial charge is 0.265 e. The lowest BCUT2D eigenvalue weighted by Gasteiger charge is -2.08. The summed E-state index contributed by atoms with van der Waals surface area (Å²) in [5.74, 6) is -0.662. The van der Waals surface area contributed by atoms with Crippen LogP contribution in [-0.4, -0.2) is 18.2 Å². The van der Waals surface area contributed by atoms with E-state index in [0.29, 0.717) is 10.2 Å². The van der Waals surface area contributed by atoms with Crippen LogP contribution in [0.5, 0.6) is 0 Å². The average Bonchev–Trinajstić information content (AvgIpc) is 3.11. The van der Waals surface area contributed by atoms with Crippen LogP contribution in [0.2, 0.25) is 0 Å². The lowest BCUT2D eigenvalue weighted by Crippen LogP contribution is -2.14. The third kappa shape index (κ3) is 3.31. The van der Waals surface area contributed by atoms with E-state index in [1.54, 1.807) is 19.2 Å². The molecular weight excluding hydrogens is 405 g/mol. The standard InChI is InChI=1S/C14H11BrFN3O2S2/c1-19-8-13(14(17-19)12-3-2-6-22-12)23(20,21)18-11-5-4-9(15)7-10(11)16/h2-8,18H,1H3. The second-order valence-electron chi connectivity index (χ2n) is 4.72. The van der Waals surface area contributed by atoms with Crippen LogP contribution in [0.3, 0.4) is 0 Å². The molecule has 3 rings (SSSR count). The first kappa shape index (κ1) is 16.2. The van der Waals surface area contributed by atoms with Gasteiger partial charge in [0.05, 0.1) is 10.6 Å². The van der Waals surface area contributed by atoms with Crippen molar-refractivity contribution in [3.05, 3.63) is 52.2 Å². The second kappa shape index (κ2) is 6.06. The van der Waals surface area contributed by atoms with Gasteiger partial charge in [-0.05, 0) is 29.6 Å². The van der Waals surface area contributed by atoms with Crippen molar-refractivity contribution in [3.8, 4) is 10.6 Å². The largest absolute Gasteiger partial charge is 0.277 e. The number of hydrogen-bond acceptors (Lipinski definition) is 4. The number of rotatable bonds is 4. The van der Waals surface area contributed by atoms with Gasteiger partial charge >= 0.3 is 0 Å². The molecule has 0 atom stereocenters. The monoisotopic (exact) mass is 415 g/mol. The molecule has 0 aliphatic heterocycles. The summed E-state index contributed by atoms with van der Waals surface area (Å²) in [6.45, 7) is 0. The van der Waals surface area contributed by atoms with Crippen molar-refractivity contribution in [3.63, 3.8) is 0 Å². The highest BCUT2D eigenvalue weighted by atomic mass is 79.9. The molecule has 2 aromatic heterocycles. The molecule has 0 saturated carbocycles. The number of halogens is 2. The molecule has 0 saturated heterocycles. The van der Waals surface area contributed by atoms with E-state index in [4.69, 9.17) is 0 Å². The summed E-state index contributed by atoms with van der Waals surface area (Å²) < 4.78 is 43.4. The first-order valence-corrected chi connectivity index (χ1v) is 9.58. The normalized spacial score (nSPS) is 11.6. The Morgan fingerprint density at radius 1 is 1.35 bits per heavy atom.